The predicted octanol–water partition coefficient (Wildman–Crippen LogP) is 3.35. The van der Waals surface area contributed by atoms with Gasteiger partial charge in [0.2, 0.25) is 5.95 Å². The van der Waals surface area contributed by atoms with E-state index >= 15 is 0 Å². The highest BCUT2D eigenvalue weighted by Crippen LogP contribution is 2.33. The first-order valence-corrected chi connectivity index (χ1v) is 9.29. The van der Waals surface area contributed by atoms with Crippen LogP contribution in [-0.4, -0.2) is 34.1 Å². The van der Waals surface area contributed by atoms with E-state index in [-0.39, 0.29) is 0 Å². The van der Waals surface area contributed by atoms with Crippen LogP contribution in [0.15, 0.2) is 54.9 Å². The molecular weight excluding hydrogens is 354 g/mol. The summed E-state index contributed by atoms with van der Waals surface area (Å²) in [6.45, 7) is 3.31. The van der Waals surface area contributed by atoms with Crippen LogP contribution in [0.1, 0.15) is 28.5 Å². The first kappa shape index (κ1) is 17.9. The number of hydrogen-bond donors (Lipinski definition) is 1. The molecule has 3 aromatic rings. The number of benzene rings is 1. The summed E-state index contributed by atoms with van der Waals surface area (Å²) in [7, 11) is 0. The Morgan fingerprint density at radius 2 is 2.04 bits per heavy atom. The molecule has 0 bridgehead atoms. The molecule has 0 saturated carbocycles. The molecular formula is C21H21N5O2. The highest BCUT2D eigenvalue weighted by molar-refractivity contribution is 5.94. The molecule has 142 valence electrons. The monoisotopic (exact) mass is 375 g/mol. The number of pyridine rings is 1. The number of fused-ring (bicyclic) bond motifs is 1. The molecule has 0 aliphatic carbocycles. The Morgan fingerprint density at radius 3 is 2.86 bits per heavy atom. The lowest BCUT2D eigenvalue weighted by atomic mass is 10.2. The van der Waals surface area contributed by atoms with Crippen molar-refractivity contribution in [2.75, 3.05) is 23.4 Å². The van der Waals surface area contributed by atoms with Crippen LogP contribution < -0.4 is 10.2 Å². The van der Waals surface area contributed by atoms with E-state index in [1.165, 1.54) is 11.8 Å². The SMILES string of the molecule is CCOC(=O)c1cnc(N2CCc3ccccc32)nc1NCc1ccccn1. The van der Waals surface area contributed by atoms with Gasteiger partial charge in [-0.3, -0.25) is 4.98 Å². The smallest absolute Gasteiger partial charge is 0.343 e. The highest BCUT2D eigenvalue weighted by Gasteiger charge is 2.24. The number of nitrogens with zero attached hydrogens (tertiary/aromatic N) is 4. The van der Waals surface area contributed by atoms with Crippen molar-refractivity contribution < 1.29 is 9.53 Å². The van der Waals surface area contributed by atoms with Gasteiger partial charge in [0.25, 0.3) is 0 Å². The van der Waals surface area contributed by atoms with E-state index in [1.54, 1.807) is 13.1 Å². The minimum absolute atomic E-state index is 0.291. The second-order valence-corrected chi connectivity index (χ2v) is 6.36. The summed E-state index contributed by atoms with van der Waals surface area (Å²) in [5.74, 6) is 0.555. The number of rotatable bonds is 6. The van der Waals surface area contributed by atoms with Gasteiger partial charge in [0, 0.05) is 24.6 Å². The predicted molar refractivity (Wildman–Crippen MR) is 107 cm³/mol. The third kappa shape index (κ3) is 3.64. The largest absolute Gasteiger partial charge is 0.462 e. The van der Waals surface area contributed by atoms with E-state index in [4.69, 9.17) is 4.74 Å². The normalized spacial score (nSPS) is 12.5. The Kier molecular flexibility index (Phi) is 5.14. The lowest BCUT2D eigenvalue weighted by Crippen LogP contribution is -2.19. The summed E-state index contributed by atoms with van der Waals surface area (Å²) in [6.07, 6.45) is 4.20. The average molecular weight is 375 g/mol. The Labute approximate surface area is 163 Å². The first-order chi connectivity index (χ1) is 13.8. The van der Waals surface area contributed by atoms with Crippen LogP contribution in [0.4, 0.5) is 17.5 Å². The minimum Gasteiger partial charge on any atom is -0.462 e. The Balaban J connectivity index is 1.65. The van der Waals surface area contributed by atoms with E-state index in [2.05, 4.69) is 37.3 Å². The Hall–Kier alpha value is -3.48. The van der Waals surface area contributed by atoms with Crippen molar-refractivity contribution in [3.05, 3.63) is 71.7 Å². The molecule has 1 aliphatic heterocycles. The van der Waals surface area contributed by atoms with Crippen LogP contribution in [0, 0.1) is 0 Å². The summed E-state index contributed by atoms with van der Waals surface area (Å²) in [4.78, 5) is 27.8. The van der Waals surface area contributed by atoms with Crippen molar-refractivity contribution in [2.45, 2.75) is 19.9 Å². The van der Waals surface area contributed by atoms with E-state index in [9.17, 15) is 4.79 Å². The summed E-state index contributed by atoms with van der Waals surface area (Å²) in [5.41, 5.74) is 3.53. The maximum Gasteiger partial charge on any atom is 0.343 e. The second kappa shape index (κ2) is 8.04. The van der Waals surface area contributed by atoms with Crippen LogP contribution in [0.25, 0.3) is 0 Å². The number of para-hydroxylation sites is 1. The average Bonchev–Trinajstić information content (AvgIpc) is 3.17. The van der Waals surface area contributed by atoms with E-state index in [1.807, 2.05) is 30.3 Å². The van der Waals surface area contributed by atoms with Gasteiger partial charge in [-0.1, -0.05) is 24.3 Å². The van der Waals surface area contributed by atoms with Crippen LogP contribution >= 0.6 is 0 Å². The lowest BCUT2D eigenvalue weighted by molar-refractivity contribution is 0.0526. The molecule has 7 nitrogen and oxygen atoms in total. The Morgan fingerprint density at radius 1 is 1.18 bits per heavy atom. The van der Waals surface area contributed by atoms with Gasteiger partial charge in [0.05, 0.1) is 18.8 Å². The van der Waals surface area contributed by atoms with Gasteiger partial charge >= 0.3 is 5.97 Å². The number of carbonyl (C=O) groups excluding carboxylic acids is 1. The molecule has 28 heavy (non-hydrogen) atoms. The maximum absolute atomic E-state index is 12.3. The summed E-state index contributed by atoms with van der Waals surface area (Å²) in [6, 6.07) is 13.9. The second-order valence-electron chi connectivity index (χ2n) is 6.36. The quantitative estimate of drug-likeness (QED) is 0.662. The molecule has 2 aromatic heterocycles. The molecule has 0 unspecified atom stereocenters. The summed E-state index contributed by atoms with van der Waals surface area (Å²) >= 11 is 0. The third-order valence-electron chi connectivity index (χ3n) is 4.56. The molecule has 0 radical (unpaired) electrons. The molecule has 0 atom stereocenters. The zero-order valence-corrected chi connectivity index (χ0v) is 15.6. The van der Waals surface area contributed by atoms with Crippen LogP contribution in [-0.2, 0) is 17.7 Å². The van der Waals surface area contributed by atoms with E-state index < -0.39 is 5.97 Å². The molecule has 0 amide bonds. The highest BCUT2D eigenvalue weighted by atomic mass is 16.5. The van der Waals surface area contributed by atoms with Gasteiger partial charge in [-0.25, -0.2) is 9.78 Å². The van der Waals surface area contributed by atoms with Crippen molar-refractivity contribution in [3.8, 4) is 0 Å². The van der Waals surface area contributed by atoms with Crippen molar-refractivity contribution >= 4 is 23.4 Å². The van der Waals surface area contributed by atoms with Crippen molar-refractivity contribution in [1.29, 1.82) is 0 Å². The van der Waals surface area contributed by atoms with Crippen molar-refractivity contribution in [2.24, 2.45) is 0 Å². The topological polar surface area (TPSA) is 80.2 Å². The van der Waals surface area contributed by atoms with Crippen LogP contribution in [0.3, 0.4) is 0 Å². The van der Waals surface area contributed by atoms with Gasteiger partial charge in [-0.2, -0.15) is 4.98 Å². The number of carbonyl (C=O) groups is 1. The molecule has 0 fully saturated rings. The van der Waals surface area contributed by atoms with Gasteiger partial charge in [0.1, 0.15) is 11.4 Å². The fourth-order valence-electron chi connectivity index (χ4n) is 3.22. The molecule has 0 saturated heterocycles. The number of anilines is 3. The molecule has 1 N–H and O–H groups in total. The fraction of sp³-hybridized carbons (Fsp3) is 0.238. The summed E-state index contributed by atoms with van der Waals surface area (Å²) in [5, 5.41) is 3.22. The number of nitrogens with one attached hydrogen (secondary N) is 1. The van der Waals surface area contributed by atoms with Gasteiger partial charge < -0.3 is 15.0 Å². The van der Waals surface area contributed by atoms with Crippen molar-refractivity contribution in [3.63, 3.8) is 0 Å². The molecule has 0 spiro atoms. The number of esters is 1. The number of aromatic nitrogens is 3. The number of ether oxygens (including phenoxy) is 1. The standard InChI is InChI=1S/C21H21N5O2/c1-2-28-20(27)17-14-24-21(26-12-10-15-7-3-4-9-18(15)26)25-19(17)23-13-16-8-5-6-11-22-16/h3-9,11,14H,2,10,12-13H2,1H3,(H,23,24,25). The third-order valence-corrected chi connectivity index (χ3v) is 4.56. The van der Waals surface area contributed by atoms with E-state index in [0.717, 1.165) is 24.3 Å². The van der Waals surface area contributed by atoms with Gasteiger partial charge in [-0.15, -0.1) is 0 Å². The van der Waals surface area contributed by atoms with Gasteiger partial charge in [0.15, 0.2) is 0 Å². The molecule has 7 heteroatoms. The lowest BCUT2D eigenvalue weighted by Gasteiger charge is -2.19. The van der Waals surface area contributed by atoms with Crippen molar-refractivity contribution in [1.82, 2.24) is 15.0 Å². The zero-order chi connectivity index (χ0) is 19.3. The molecule has 1 aromatic carbocycles. The van der Waals surface area contributed by atoms with E-state index in [0.29, 0.717) is 30.5 Å². The molecule has 3 heterocycles. The van der Waals surface area contributed by atoms with Gasteiger partial charge in [-0.05, 0) is 37.1 Å². The molecule has 1 aliphatic rings. The molecule has 4 rings (SSSR count). The Bertz CT molecular complexity index is 978. The van der Waals surface area contributed by atoms with Crippen LogP contribution in [0.5, 0.6) is 0 Å². The summed E-state index contributed by atoms with van der Waals surface area (Å²) < 4.78 is 5.15. The minimum atomic E-state index is -0.445. The zero-order valence-electron chi connectivity index (χ0n) is 15.6. The first-order valence-electron chi connectivity index (χ1n) is 9.29. The number of hydrogen-bond acceptors (Lipinski definition) is 7. The maximum atomic E-state index is 12.3. The van der Waals surface area contributed by atoms with Crippen LogP contribution in [0.2, 0.25) is 0 Å². The fourth-order valence-corrected chi connectivity index (χ4v) is 3.22.